The molecule has 2 heteroatoms. The van der Waals surface area contributed by atoms with Gasteiger partial charge in [-0.2, -0.15) is 0 Å². The van der Waals surface area contributed by atoms with E-state index in [1.165, 1.54) is 50.2 Å². The molecule has 0 heterocycles. The summed E-state index contributed by atoms with van der Waals surface area (Å²) in [5.74, 6) is 0.0906. The number of aryl methyl sites for hydroxylation is 1. The minimum Gasteiger partial charge on any atom is -0.204 e. The zero-order valence-electron chi connectivity index (χ0n) is 15.3. The molecule has 0 atom stereocenters. The zero-order valence-corrected chi connectivity index (χ0v) is 15.3. The van der Waals surface area contributed by atoms with Gasteiger partial charge in [0.05, 0.1) is 0 Å². The number of benzene rings is 2. The molecule has 0 amide bonds. The molecule has 0 aliphatic heterocycles. The van der Waals surface area contributed by atoms with Crippen LogP contribution in [0.5, 0.6) is 0 Å². The largest absolute Gasteiger partial charge is 0.204 e. The third-order valence-corrected chi connectivity index (χ3v) is 5.74. The summed E-state index contributed by atoms with van der Waals surface area (Å²) in [4.78, 5) is 0. The molecule has 0 unspecified atom stereocenters. The van der Waals surface area contributed by atoms with Crippen molar-refractivity contribution in [2.75, 3.05) is 0 Å². The van der Waals surface area contributed by atoms with Crippen LogP contribution in [0.4, 0.5) is 8.78 Å². The van der Waals surface area contributed by atoms with E-state index >= 15 is 0 Å². The van der Waals surface area contributed by atoms with Gasteiger partial charge in [-0.05, 0) is 78.3 Å². The maximum Gasteiger partial charge on any atom is 0.162 e. The van der Waals surface area contributed by atoms with E-state index in [0.717, 1.165) is 17.0 Å². The highest BCUT2D eigenvalue weighted by Crippen LogP contribution is 2.38. The number of halogens is 2. The van der Waals surface area contributed by atoms with Crippen molar-refractivity contribution in [3.63, 3.8) is 0 Å². The van der Waals surface area contributed by atoms with E-state index < -0.39 is 11.6 Å². The van der Waals surface area contributed by atoms with Crippen molar-refractivity contribution >= 4 is 0 Å². The number of hydrogen-bond acceptors (Lipinski definition) is 0. The molecule has 0 spiro atoms. The van der Waals surface area contributed by atoms with Crippen molar-refractivity contribution in [3.8, 4) is 11.1 Å². The molecule has 0 nitrogen and oxygen atoms in total. The molecule has 3 rings (SSSR count). The Bertz CT molecular complexity index is 695. The fraction of sp³-hybridized carbons (Fsp3) is 0.478. The Morgan fingerprint density at radius 1 is 0.880 bits per heavy atom. The van der Waals surface area contributed by atoms with Crippen LogP contribution in [-0.4, -0.2) is 0 Å². The van der Waals surface area contributed by atoms with Crippen LogP contribution in [0, 0.1) is 17.6 Å². The topological polar surface area (TPSA) is 0 Å². The summed E-state index contributed by atoms with van der Waals surface area (Å²) < 4.78 is 27.5. The minimum atomic E-state index is -0.757. The first-order valence-electron chi connectivity index (χ1n) is 9.70. The van der Waals surface area contributed by atoms with Crippen LogP contribution in [0.25, 0.3) is 11.1 Å². The SMILES string of the molecule is CCCC1CCC(c2ccc(-c3cc(F)c(F)c(CC)c3)cc2)CC1. The summed E-state index contributed by atoms with van der Waals surface area (Å²) >= 11 is 0. The first kappa shape index (κ1) is 18.1. The van der Waals surface area contributed by atoms with Gasteiger partial charge in [0.2, 0.25) is 0 Å². The van der Waals surface area contributed by atoms with Crippen LogP contribution in [0.1, 0.15) is 69.4 Å². The lowest BCUT2D eigenvalue weighted by Gasteiger charge is -2.28. The normalized spacial score (nSPS) is 20.6. The van der Waals surface area contributed by atoms with Gasteiger partial charge in [-0.3, -0.25) is 0 Å². The maximum absolute atomic E-state index is 13.8. The van der Waals surface area contributed by atoms with Crippen molar-refractivity contribution in [1.29, 1.82) is 0 Å². The molecule has 134 valence electrons. The molecule has 1 fully saturated rings. The third kappa shape index (κ3) is 4.11. The van der Waals surface area contributed by atoms with Gasteiger partial charge in [0.15, 0.2) is 11.6 Å². The van der Waals surface area contributed by atoms with Crippen molar-refractivity contribution in [3.05, 3.63) is 59.2 Å². The quantitative estimate of drug-likeness (QED) is 0.536. The highest BCUT2D eigenvalue weighted by Gasteiger charge is 2.21. The Kier molecular flexibility index (Phi) is 5.88. The third-order valence-electron chi connectivity index (χ3n) is 5.74. The summed E-state index contributed by atoms with van der Waals surface area (Å²) in [6, 6.07) is 11.5. The van der Waals surface area contributed by atoms with Gasteiger partial charge >= 0.3 is 0 Å². The van der Waals surface area contributed by atoms with E-state index in [2.05, 4.69) is 31.2 Å². The zero-order chi connectivity index (χ0) is 17.8. The fourth-order valence-corrected chi connectivity index (χ4v) is 4.21. The Hall–Kier alpha value is -1.70. The molecule has 25 heavy (non-hydrogen) atoms. The molecule has 2 aromatic carbocycles. The molecule has 1 aliphatic rings. The first-order valence-corrected chi connectivity index (χ1v) is 9.70. The second-order valence-corrected chi connectivity index (χ2v) is 7.41. The van der Waals surface area contributed by atoms with Crippen molar-refractivity contribution in [2.45, 2.75) is 64.7 Å². The van der Waals surface area contributed by atoms with E-state index in [1.807, 2.05) is 6.92 Å². The van der Waals surface area contributed by atoms with Crippen LogP contribution in [0.2, 0.25) is 0 Å². The number of hydrogen-bond donors (Lipinski definition) is 0. The van der Waals surface area contributed by atoms with Crippen LogP contribution in [0.3, 0.4) is 0 Å². The highest BCUT2D eigenvalue weighted by molar-refractivity contribution is 5.65. The lowest BCUT2D eigenvalue weighted by Crippen LogP contribution is -2.13. The maximum atomic E-state index is 13.8. The lowest BCUT2D eigenvalue weighted by molar-refractivity contribution is 0.308. The van der Waals surface area contributed by atoms with Gasteiger partial charge in [0, 0.05) is 0 Å². The van der Waals surface area contributed by atoms with Gasteiger partial charge in [-0.15, -0.1) is 0 Å². The summed E-state index contributed by atoms with van der Waals surface area (Å²) in [6.07, 6.45) is 8.37. The number of rotatable bonds is 5. The van der Waals surface area contributed by atoms with E-state index in [1.54, 1.807) is 6.07 Å². The molecule has 0 radical (unpaired) electrons. The Balaban J connectivity index is 1.74. The second kappa shape index (κ2) is 8.12. The summed E-state index contributed by atoms with van der Waals surface area (Å²) in [5, 5.41) is 0. The lowest BCUT2D eigenvalue weighted by atomic mass is 9.77. The van der Waals surface area contributed by atoms with E-state index in [0.29, 0.717) is 17.9 Å². The van der Waals surface area contributed by atoms with Crippen molar-refractivity contribution in [1.82, 2.24) is 0 Å². The van der Waals surface area contributed by atoms with Crippen molar-refractivity contribution < 1.29 is 8.78 Å². The fourth-order valence-electron chi connectivity index (χ4n) is 4.21. The highest BCUT2D eigenvalue weighted by atomic mass is 19.2. The van der Waals surface area contributed by atoms with Crippen LogP contribution in [0.15, 0.2) is 36.4 Å². The molecular weight excluding hydrogens is 314 g/mol. The van der Waals surface area contributed by atoms with Gasteiger partial charge < -0.3 is 0 Å². The standard InChI is InChI=1S/C23H28F2/c1-3-5-16-6-8-18(9-7-16)19-10-12-20(13-11-19)21-14-17(4-2)23(25)22(24)15-21/h10-16,18H,3-9H2,1-2H3. The van der Waals surface area contributed by atoms with Crippen LogP contribution in [-0.2, 0) is 6.42 Å². The summed E-state index contributed by atoms with van der Waals surface area (Å²) in [7, 11) is 0. The molecule has 0 bridgehead atoms. The molecule has 0 saturated heterocycles. The second-order valence-electron chi connectivity index (χ2n) is 7.41. The van der Waals surface area contributed by atoms with Gasteiger partial charge in [-0.1, -0.05) is 51.0 Å². The molecule has 1 saturated carbocycles. The summed E-state index contributed by atoms with van der Waals surface area (Å²) in [5.41, 5.74) is 3.54. The van der Waals surface area contributed by atoms with Gasteiger partial charge in [0.25, 0.3) is 0 Å². The Morgan fingerprint density at radius 3 is 2.16 bits per heavy atom. The molecule has 2 aromatic rings. The van der Waals surface area contributed by atoms with Crippen LogP contribution < -0.4 is 0 Å². The molecule has 0 N–H and O–H groups in total. The average Bonchev–Trinajstić information content (AvgIpc) is 2.65. The van der Waals surface area contributed by atoms with Gasteiger partial charge in [0.1, 0.15) is 0 Å². The monoisotopic (exact) mass is 342 g/mol. The smallest absolute Gasteiger partial charge is 0.162 e. The first-order chi connectivity index (χ1) is 12.1. The van der Waals surface area contributed by atoms with Crippen molar-refractivity contribution in [2.24, 2.45) is 5.92 Å². The van der Waals surface area contributed by atoms with E-state index in [9.17, 15) is 8.78 Å². The Morgan fingerprint density at radius 2 is 1.56 bits per heavy atom. The molecule has 0 aromatic heterocycles. The van der Waals surface area contributed by atoms with Crippen LogP contribution >= 0.6 is 0 Å². The average molecular weight is 342 g/mol. The van der Waals surface area contributed by atoms with E-state index in [-0.39, 0.29) is 0 Å². The molecule has 1 aliphatic carbocycles. The predicted octanol–water partition coefficient (Wildman–Crippen LogP) is 7.27. The van der Waals surface area contributed by atoms with Gasteiger partial charge in [-0.25, -0.2) is 8.78 Å². The predicted molar refractivity (Wildman–Crippen MR) is 101 cm³/mol. The minimum absolute atomic E-state index is 0.438. The Labute approximate surface area is 150 Å². The summed E-state index contributed by atoms with van der Waals surface area (Å²) in [6.45, 7) is 4.12. The van der Waals surface area contributed by atoms with E-state index in [4.69, 9.17) is 0 Å². The molecular formula is C23H28F2.